The first-order chi connectivity index (χ1) is 5.37. The van der Waals surface area contributed by atoms with Crippen LogP contribution >= 0.6 is 0 Å². The molecule has 0 fully saturated rings. The molecule has 0 bridgehead atoms. The average Bonchev–Trinajstić information content (AvgIpc) is 1.44. The first kappa shape index (κ1) is 12.4. The van der Waals surface area contributed by atoms with Gasteiger partial charge in [0, 0.05) is 4.31 Å². The normalized spacial score (nSPS) is 15.1. The van der Waals surface area contributed by atoms with E-state index in [4.69, 9.17) is 0 Å². The van der Waals surface area contributed by atoms with Crippen LogP contribution in [0, 0.1) is 0 Å². The lowest BCUT2D eigenvalue weighted by atomic mass is 11.0. The van der Waals surface area contributed by atoms with Crippen LogP contribution in [-0.2, 0) is 10.4 Å². The predicted octanol–water partition coefficient (Wildman–Crippen LogP) is 1.54. The summed E-state index contributed by atoms with van der Waals surface area (Å²) in [6.45, 7) is 0. The minimum atomic E-state index is -6.90. The first-order valence-corrected chi connectivity index (χ1v) is 3.59. The van der Waals surface area contributed by atoms with E-state index in [1.54, 1.807) is 0 Å². The summed E-state index contributed by atoms with van der Waals surface area (Å²) in [5.74, 6) is 0. The number of rotatable bonds is 1. The van der Waals surface area contributed by atoms with E-state index >= 15 is 0 Å². The molecule has 0 radical (unpaired) electrons. The van der Waals surface area contributed by atoms with E-state index in [2.05, 4.69) is 0 Å². The summed E-state index contributed by atoms with van der Waals surface area (Å²) in [4.78, 5) is 0. The van der Waals surface area contributed by atoms with E-state index in [0.717, 1.165) is 0 Å². The average molecular weight is 235 g/mol. The van der Waals surface area contributed by atoms with E-state index in [1.807, 2.05) is 0 Å². The Labute approximate surface area is 67.1 Å². The fourth-order valence-electron chi connectivity index (χ4n) is 0.391. The summed E-state index contributed by atoms with van der Waals surface area (Å²) < 4.78 is 95.1. The smallest absolute Gasteiger partial charge is 0.176 e. The second-order valence-corrected chi connectivity index (χ2v) is 2.83. The van der Waals surface area contributed by atoms with E-state index in [1.165, 1.54) is 0 Å². The van der Waals surface area contributed by atoms with Crippen LogP contribution in [0.4, 0.5) is 30.2 Å². The number of hydrogen-bond acceptors (Lipinski definition) is 2. The Kier molecular flexibility index (Phi) is 2.84. The number of hydrogen-bond donors (Lipinski definition) is 0. The molecular weight excluding hydrogens is 235 g/mol. The predicted molar refractivity (Wildman–Crippen MR) is 24.0 cm³/mol. The van der Waals surface area contributed by atoms with Gasteiger partial charge in [0.15, 0.2) is 0 Å². The van der Waals surface area contributed by atoms with Gasteiger partial charge < -0.3 is 0 Å². The summed E-state index contributed by atoms with van der Waals surface area (Å²) in [6.07, 6.45) is -12.7. The van der Waals surface area contributed by atoms with Gasteiger partial charge in [-0.3, -0.25) is 0 Å². The van der Waals surface area contributed by atoms with Gasteiger partial charge in [0.2, 0.25) is 0 Å². The van der Waals surface area contributed by atoms with Gasteiger partial charge in [-0.2, -0.15) is 34.8 Å². The second kappa shape index (κ2) is 2.97. The van der Waals surface area contributed by atoms with Crippen LogP contribution in [0.25, 0.3) is 0 Å². The number of halogens is 7. The zero-order valence-corrected chi connectivity index (χ0v) is 6.13. The fourth-order valence-corrected chi connectivity index (χ4v) is 0.886. The summed E-state index contributed by atoms with van der Waals surface area (Å²) in [7, 11) is -6.90. The van der Waals surface area contributed by atoms with Crippen molar-refractivity contribution in [2.24, 2.45) is 0 Å². The SMILES string of the molecule is O=S(=O)(F)N(C(F)(F)F)C(F)(F)F. The minimum absolute atomic E-state index is 3.13. The Morgan fingerprint density at radius 2 is 1.08 bits per heavy atom. The van der Waals surface area contributed by atoms with Crippen molar-refractivity contribution in [3.05, 3.63) is 0 Å². The van der Waals surface area contributed by atoms with E-state index in [0.29, 0.717) is 0 Å². The van der Waals surface area contributed by atoms with Crippen molar-refractivity contribution in [1.82, 2.24) is 4.31 Å². The van der Waals surface area contributed by atoms with Crippen molar-refractivity contribution in [1.29, 1.82) is 0 Å². The van der Waals surface area contributed by atoms with Gasteiger partial charge in [-0.05, 0) is 0 Å². The zero-order chi connectivity index (χ0) is 11.1. The summed E-state index contributed by atoms with van der Waals surface area (Å²) in [6, 6.07) is 0. The summed E-state index contributed by atoms with van der Waals surface area (Å²) in [5, 5.41) is 0. The maximum atomic E-state index is 11.5. The lowest BCUT2D eigenvalue weighted by Crippen LogP contribution is -2.49. The molecule has 13 heavy (non-hydrogen) atoms. The zero-order valence-electron chi connectivity index (χ0n) is 5.32. The first-order valence-electron chi connectivity index (χ1n) is 2.25. The van der Waals surface area contributed by atoms with Gasteiger partial charge >= 0.3 is 23.0 Å². The van der Waals surface area contributed by atoms with Crippen molar-refractivity contribution in [3.8, 4) is 0 Å². The van der Waals surface area contributed by atoms with Gasteiger partial charge in [-0.25, -0.2) is 0 Å². The number of nitrogens with zero attached hydrogens (tertiary/aromatic N) is 1. The molecule has 3 nitrogen and oxygen atoms in total. The third kappa shape index (κ3) is 3.34. The van der Waals surface area contributed by atoms with Gasteiger partial charge in [-0.15, -0.1) is 0 Å². The van der Waals surface area contributed by atoms with Crippen LogP contribution in [0.3, 0.4) is 0 Å². The molecule has 11 heteroatoms. The summed E-state index contributed by atoms with van der Waals surface area (Å²) >= 11 is 0. The van der Waals surface area contributed by atoms with Crippen molar-refractivity contribution in [2.75, 3.05) is 0 Å². The molecule has 0 atom stereocenters. The maximum absolute atomic E-state index is 11.5. The van der Waals surface area contributed by atoms with E-state index in [9.17, 15) is 38.6 Å². The number of alkyl halides is 6. The van der Waals surface area contributed by atoms with Crippen LogP contribution in [0.1, 0.15) is 0 Å². The maximum Gasteiger partial charge on any atom is 0.482 e. The minimum Gasteiger partial charge on any atom is -0.176 e. The quantitative estimate of drug-likeness (QED) is 0.392. The molecule has 0 saturated carbocycles. The fraction of sp³-hybridized carbons (Fsp3) is 1.00. The molecule has 0 aliphatic rings. The lowest BCUT2D eigenvalue weighted by Gasteiger charge is -2.21. The highest BCUT2D eigenvalue weighted by Gasteiger charge is 2.61. The highest BCUT2D eigenvalue weighted by Crippen LogP contribution is 2.36. The third-order valence-corrected chi connectivity index (χ3v) is 1.53. The molecule has 0 N–H and O–H groups in total. The van der Waals surface area contributed by atoms with Crippen molar-refractivity contribution < 1.29 is 38.6 Å². The third-order valence-electron chi connectivity index (χ3n) is 0.679. The molecule has 0 rings (SSSR count). The topological polar surface area (TPSA) is 37.4 Å². The highest BCUT2D eigenvalue weighted by atomic mass is 32.3. The van der Waals surface area contributed by atoms with Crippen molar-refractivity contribution in [3.63, 3.8) is 0 Å². The van der Waals surface area contributed by atoms with E-state index in [-0.39, 0.29) is 0 Å². The van der Waals surface area contributed by atoms with Crippen molar-refractivity contribution >= 4 is 10.4 Å². The standard InChI is InChI=1S/C2F7NO2S/c3-1(4,5)10(2(6,7)8)13(9,11)12. The van der Waals surface area contributed by atoms with Crippen LogP contribution in [0.5, 0.6) is 0 Å². The highest BCUT2D eigenvalue weighted by molar-refractivity contribution is 7.84. The molecule has 0 aromatic heterocycles. The second-order valence-electron chi connectivity index (χ2n) is 1.64. The molecule has 0 unspecified atom stereocenters. The van der Waals surface area contributed by atoms with Crippen LogP contribution in [0.15, 0.2) is 0 Å². The molecule has 0 spiro atoms. The molecule has 0 aromatic rings. The van der Waals surface area contributed by atoms with Crippen LogP contribution in [-0.4, -0.2) is 25.3 Å². The van der Waals surface area contributed by atoms with Crippen molar-refractivity contribution in [2.45, 2.75) is 12.6 Å². The molecule has 0 aliphatic heterocycles. The largest absolute Gasteiger partial charge is 0.482 e. The summed E-state index contributed by atoms with van der Waals surface area (Å²) in [5.41, 5.74) is 0. The Balaban J connectivity index is 5.28. The van der Waals surface area contributed by atoms with Gasteiger partial charge in [0.1, 0.15) is 0 Å². The monoisotopic (exact) mass is 235 g/mol. The van der Waals surface area contributed by atoms with E-state index < -0.39 is 27.3 Å². The Morgan fingerprint density at radius 1 is 0.846 bits per heavy atom. The van der Waals surface area contributed by atoms with Gasteiger partial charge in [0.25, 0.3) is 0 Å². The van der Waals surface area contributed by atoms with Crippen LogP contribution < -0.4 is 0 Å². The molecule has 0 saturated heterocycles. The van der Waals surface area contributed by atoms with Gasteiger partial charge in [-0.1, -0.05) is 3.89 Å². The Bertz CT molecular complexity index is 260. The Hall–Kier alpha value is -0.580. The molecule has 0 aromatic carbocycles. The molecule has 0 amide bonds. The molecule has 80 valence electrons. The lowest BCUT2D eigenvalue weighted by molar-refractivity contribution is -0.335. The molecule has 0 heterocycles. The Morgan fingerprint density at radius 3 is 1.08 bits per heavy atom. The molecule has 0 aliphatic carbocycles. The van der Waals surface area contributed by atoms with Gasteiger partial charge in [0.05, 0.1) is 0 Å². The molecular formula is C2F7NO2S. The van der Waals surface area contributed by atoms with Crippen LogP contribution in [0.2, 0.25) is 0 Å².